The maximum Gasteiger partial charge on any atom is 0.451 e. The van der Waals surface area contributed by atoms with Gasteiger partial charge in [0, 0.05) is 0 Å². The number of hydrogen-bond acceptors (Lipinski definition) is 7. The summed E-state index contributed by atoms with van der Waals surface area (Å²) in [5.41, 5.74) is 15.8. The summed E-state index contributed by atoms with van der Waals surface area (Å²) in [6.07, 6.45) is -10.9. The highest BCUT2D eigenvalue weighted by Gasteiger charge is 2.42. The van der Waals surface area contributed by atoms with Crippen LogP contribution < -0.4 is 22.5 Å². The van der Waals surface area contributed by atoms with Crippen LogP contribution in [0.15, 0.2) is 0 Å². The Balaban J connectivity index is 4.37. The van der Waals surface area contributed by atoms with Crippen LogP contribution in [0.5, 0.6) is 0 Å². The molecule has 0 spiro atoms. The van der Waals surface area contributed by atoms with Crippen molar-refractivity contribution >= 4 is 23.8 Å². The number of Topliss-reactive ketones (excluding diaryl/α,β-unsaturated/α-hetero) is 2. The highest BCUT2D eigenvalue weighted by Crippen LogP contribution is 2.20. The van der Waals surface area contributed by atoms with Crippen molar-refractivity contribution in [3.05, 3.63) is 0 Å². The number of carbonyl (C=O) groups is 4. The van der Waals surface area contributed by atoms with Crippen LogP contribution in [0.25, 0.3) is 0 Å². The Morgan fingerprint density at radius 1 is 0.733 bits per heavy atom. The van der Waals surface area contributed by atoms with E-state index < -0.39 is 54.0 Å². The van der Waals surface area contributed by atoms with Gasteiger partial charge in [-0.25, -0.2) is 0 Å². The number of carbonyl (C=O) groups excluding carboxylic acids is 4. The molecule has 4 atom stereocenters. The van der Waals surface area contributed by atoms with E-state index in [2.05, 4.69) is 5.32 Å². The van der Waals surface area contributed by atoms with Crippen molar-refractivity contribution in [3.63, 3.8) is 0 Å². The third kappa shape index (κ3) is 10.1. The molecule has 0 radical (unpaired) electrons. The van der Waals surface area contributed by atoms with Crippen molar-refractivity contribution in [3.8, 4) is 0 Å². The zero-order valence-corrected chi connectivity index (χ0v) is 15.8. The Morgan fingerprint density at radius 2 is 1.10 bits per heavy atom. The predicted octanol–water partition coefficient (Wildman–Crippen LogP) is 0.255. The third-order valence-corrected chi connectivity index (χ3v) is 4.12. The fourth-order valence-corrected chi connectivity index (χ4v) is 2.39. The number of hydrogen-bond donors (Lipinski definition) is 4. The van der Waals surface area contributed by atoms with Gasteiger partial charge in [0.1, 0.15) is 6.29 Å². The molecule has 0 aliphatic carbocycles. The molecule has 0 aromatic carbocycles. The molecule has 2 unspecified atom stereocenters. The SMILES string of the molecule is NC(CCC[C@@H](C=O)NC(=O)[C@@H](N)CCCC(N)C(=O)C(F)(F)F)C(=O)C(F)(F)F. The quantitative estimate of drug-likeness (QED) is 0.231. The van der Waals surface area contributed by atoms with Crippen LogP contribution in [0.4, 0.5) is 26.3 Å². The summed E-state index contributed by atoms with van der Waals surface area (Å²) >= 11 is 0. The largest absolute Gasteiger partial charge is 0.451 e. The molecule has 0 bridgehead atoms. The van der Waals surface area contributed by atoms with Crippen molar-refractivity contribution in [1.29, 1.82) is 0 Å². The molecule has 0 fully saturated rings. The summed E-state index contributed by atoms with van der Waals surface area (Å²) < 4.78 is 73.3. The van der Waals surface area contributed by atoms with Gasteiger partial charge in [0.05, 0.1) is 24.2 Å². The molecule has 30 heavy (non-hydrogen) atoms. The third-order valence-electron chi connectivity index (χ3n) is 4.12. The van der Waals surface area contributed by atoms with Crippen molar-refractivity contribution in [2.45, 2.75) is 75.0 Å². The first kappa shape index (κ1) is 27.9. The zero-order chi connectivity index (χ0) is 23.7. The molecule has 1 amide bonds. The van der Waals surface area contributed by atoms with Crippen LogP contribution in [-0.2, 0) is 19.2 Å². The van der Waals surface area contributed by atoms with Crippen LogP contribution in [0.1, 0.15) is 38.5 Å². The minimum Gasteiger partial charge on any atom is -0.345 e. The van der Waals surface area contributed by atoms with Gasteiger partial charge < -0.3 is 27.3 Å². The summed E-state index contributed by atoms with van der Waals surface area (Å²) in [5, 5.41) is 2.23. The van der Waals surface area contributed by atoms with Gasteiger partial charge in [-0.15, -0.1) is 0 Å². The summed E-state index contributed by atoms with van der Waals surface area (Å²) in [5.74, 6) is -5.01. The first-order valence-corrected chi connectivity index (χ1v) is 8.85. The lowest BCUT2D eigenvalue weighted by molar-refractivity contribution is -0.172. The number of ketones is 2. The lowest BCUT2D eigenvalue weighted by Crippen LogP contribution is -2.46. The smallest absolute Gasteiger partial charge is 0.345 e. The van der Waals surface area contributed by atoms with Gasteiger partial charge in [-0.1, -0.05) is 0 Å². The summed E-state index contributed by atoms with van der Waals surface area (Å²) in [4.78, 5) is 44.8. The number of aldehydes is 1. The van der Waals surface area contributed by atoms with E-state index in [0.29, 0.717) is 6.29 Å². The van der Waals surface area contributed by atoms with Gasteiger partial charge >= 0.3 is 12.4 Å². The highest BCUT2D eigenvalue weighted by molar-refractivity contribution is 5.89. The number of nitrogens with one attached hydrogen (secondary N) is 1. The number of alkyl halides is 6. The number of halogens is 6. The van der Waals surface area contributed by atoms with E-state index >= 15 is 0 Å². The Hall–Kier alpha value is -2.06. The van der Waals surface area contributed by atoms with Gasteiger partial charge in [-0.05, 0) is 38.5 Å². The van der Waals surface area contributed by atoms with Crippen LogP contribution >= 0.6 is 0 Å². The molecule has 174 valence electrons. The number of amides is 1. The maximum absolute atomic E-state index is 12.2. The van der Waals surface area contributed by atoms with E-state index in [-0.39, 0.29) is 38.5 Å². The molecular formula is C16H24F6N4O4. The lowest BCUT2D eigenvalue weighted by atomic mass is 10.0. The van der Waals surface area contributed by atoms with Crippen LogP contribution in [0, 0.1) is 0 Å². The van der Waals surface area contributed by atoms with Crippen LogP contribution in [0.3, 0.4) is 0 Å². The van der Waals surface area contributed by atoms with E-state index in [1.165, 1.54) is 0 Å². The van der Waals surface area contributed by atoms with Gasteiger partial charge in [0.2, 0.25) is 5.91 Å². The van der Waals surface area contributed by atoms with E-state index in [9.17, 15) is 45.5 Å². The number of rotatable bonds is 13. The van der Waals surface area contributed by atoms with E-state index in [4.69, 9.17) is 17.2 Å². The average molecular weight is 450 g/mol. The molecule has 0 aliphatic rings. The minimum absolute atomic E-state index is 0.0717. The second-order valence-corrected chi connectivity index (χ2v) is 6.66. The molecule has 0 heterocycles. The summed E-state index contributed by atoms with van der Waals surface area (Å²) in [7, 11) is 0. The molecule has 8 nitrogen and oxygen atoms in total. The fraction of sp³-hybridized carbons (Fsp3) is 0.750. The lowest BCUT2D eigenvalue weighted by Gasteiger charge is -2.18. The molecule has 0 saturated carbocycles. The predicted molar refractivity (Wildman–Crippen MR) is 91.7 cm³/mol. The second-order valence-electron chi connectivity index (χ2n) is 6.66. The first-order chi connectivity index (χ1) is 13.6. The van der Waals surface area contributed by atoms with E-state index in [1.807, 2.05) is 0 Å². The van der Waals surface area contributed by atoms with Crippen molar-refractivity contribution in [2.24, 2.45) is 17.2 Å². The normalized spacial score (nSPS) is 16.3. The van der Waals surface area contributed by atoms with Crippen LogP contribution in [0.2, 0.25) is 0 Å². The van der Waals surface area contributed by atoms with Gasteiger partial charge in [0.15, 0.2) is 0 Å². The molecule has 0 saturated heterocycles. The van der Waals surface area contributed by atoms with Gasteiger partial charge in [-0.3, -0.25) is 14.4 Å². The zero-order valence-electron chi connectivity index (χ0n) is 15.8. The van der Waals surface area contributed by atoms with Gasteiger partial charge in [0.25, 0.3) is 11.6 Å². The molecule has 0 aromatic heterocycles. The van der Waals surface area contributed by atoms with Crippen molar-refractivity contribution in [1.82, 2.24) is 5.32 Å². The summed E-state index contributed by atoms with van der Waals surface area (Å²) in [6, 6.07) is -5.90. The Kier molecular flexibility index (Phi) is 11.1. The summed E-state index contributed by atoms with van der Waals surface area (Å²) in [6.45, 7) is 0. The topological polar surface area (TPSA) is 158 Å². The average Bonchev–Trinajstić information content (AvgIpc) is 2.63. The molecule has 0 aromatic rings. The maximum atomic E-state index is 12.2. The Morgan fingerprint density at radius 3 is 1.47 bits per heavy atom. The first-order valence-electron chi connectivity index (χ1n) is 8.85. The second kappa shape index (κ2) is 12.0. The molecule has 14 heteroatoms. The van der Waals surface area contributed by atoms with E-state index in [1.54, 1.807) is 0 Å². The van der Waals surface area contributed by atoms with E-state index in [0.717, 1.165) is 0 Å². The molecule has 0 aliphatic heterocycles. The molecular weight excluding hydrogens is 426 g/mol. The van der Waals surface area contributed by atoms with Crippen molar-refractivity contribution < 1.29 is 45.5 Å². The minimum atomic E-state index is -5.07. The van der Waals surface area contributed by atoms with Crippen LogP contribution in [-0.4, -0.2) is 60.3 Å². The Bertz CT molecular complexity index is 612. The molecule has 7 N–H and O–H groups in total. The fourth-order valence-electron chi connectivity index (χ4n) is 2.39. The van der Waals surface area contributed by atoms with Crippen molar-refractivity contribution in [2.75, 3.05) is 0 Å². The number of nitrogens with two attached hydrogens (primary N) is 3. The standard InChI is InChI=1S/C16H24F6N4O4/c17-15(18,19)12(28)9(23)4-1-3-8(7-27)26-14(30)11(25)6-2-5-10(24)13(29)16(20,21)22/h7-11H,1-6,23-25H2,(H,26,30)/t8-,9?,10?,11-/m0/s1. The van der Waals surface area contributed by atoms with Gasteiger partial charge in [-0.2, -0.15) is 26.3 Å². The molecule has 0 rings (SSSR count). The Labute approximate surface area is 167 Å². The monoisotopic (exact) mass is 450 g/mol. The highest BCUT2D eigenvalue weighted by atomic mass is 19.4.